The van der Waals surface area contributed by atoms with Crippen LogP contribution in [0.15, 0.2) is 54.6 Å². The summed E-state index contributed by atoms with van der Waals surface area (Å²) < 4.78 is 13.5. The minimum atomic E-state index is -0.486. The van der Waals surface area contributed by atoms with Gasteiger partial charge in [-0.05, 0) is 43.3 Å². The van der Waals surface area contributed by atoms with E-state index in [1.807, 2.05) is 25.1 Å². The van der Waals surface area contributed by atoms with E-state index in [0.717, 1.165) is 5.69 Å². The first-order chi connectivity index (χ1) is 13.6. The molecule has 3 rings (SSSR count). The fraction of sp³-hybridized carbons (Fsp3) is 0.158. The highest BCUT2D eigenvalue weighted by Crippen LogP contribution is 2.13. The van der Waals surface area contributed by atoms with Crippen LogP contribution in [0.2, 0.25) is 0 Å². The molecule has 0 saturated heterocycles. The number of halogens is 1. The molecule has 8 nitrogen and oxygen atoms in total. The summed E-state index contributed by atoms with van der Waals surface area (Å²) in [6, 6.07) is 14.7. The van der Waals surface area contributed by atoms with Crippen LogP contribution in [0.1, 0.15) is 5.69 Å². The van der Waals surface area contributed by atoms with Crippen molar-refractivity contribution in [2.45, 2.75) is 6.92 Å². The molecule has 0 fully saturated rings. The molecule has 0 aliphatic carbocycles. The van der Waals surface area contributed by atoms with Crippen molar-refractivity contribution in [1.82, 2.24) is 20.5 Å². The molecule has 0 atom stereocenters. The third-order valence-electron chi connectivity index (χ3n) is 3.65. The van der Waals surface area contributed by atoms with E-state index in [4.69, 9.17) is 0 Å². The maximum Gasteiger partial charge on any atom is 0.319 e. The van der Waals surface area contributed by atoms with Gasteiger partial charge < -0.3 is 21.3 Å². The van der Waals surface area contributed by atoms with Gasteiger partial charge in [0.05, 0.1) is 5.69 Å². The first-order valence-corrected chi connectivity index (χ1v) is 8.68. The molecule has 144 valence electrons. The molecular formula is C19H20FN7O. The number of nitrogens with zero attached hydrogens (tertiary/aromatic N) is 3. The highest BCUT2D eigenvalue weighted by molar-refractivity contribution is 5.89. The van der Waals surface area contributed by atoms with Crippen LogP contribution in [-0.2, 0) is 0 Å². The molecule has 1 aromatic carbocycles. The van der Waals surface area contributed by atoms with Gasteiger partial charge in [0.15, 0.2) is 5.82 Å². The zero-order chi connectivity index (χ0) is 19.8. The van der Waals surface area contributed by atoms with E-state index in [1.165, 1.54) is 12.1 Å². The number of carbonyl (C=O) groups is 1. The highest BCUT2D eigenvalue weighted by atomic mass is 19.1. The molecule has 0 unspecified atom stereocenters. The second-order valence-electron chi connectivity index (χ2n) is 5.88. The maximum absolute atomic E-state index is 13.5. The number of anilines is 4. The lowest BCUT2D eigenvalue weighted by atomic mass is 10.3. The number of amides is 2. The van der Waals surface area contributed by atoms with Crippen LogP contribution in [-0.4, -0.2) is 34.3 Å². The molecule has 0 spiro atoms. The van der Waals surface area contributed by atoms with Crippen LogP contribution in [0.4, 0.5) is 32.3 Å². The summed E-state index contributed by atoms with van der Waals surface area (Å²) >= 11 is 0. The molecular weight excluding hydrogens is 361 g/mol. The average molecular weight is 381 g/mol. The van der Waals surface area contributed by atoms with Gasteiger partial charge in [0.2, 0.25) is 0 Å². The Balaban J connectivity index is 1.40. The first-order valence-electron chi connectivity index (χ1n) is 8.68. The Morgan fingerprint density at radius 1 is 0.929 bits per heavy atom. The molecule has 0 aliphatic heterocycles. The molecule has 0 radical (unpaired) electrons. The number of carbonyl (C=O) groups excluding carboxylic acids is 1. The predicted octanol–water partition coefficient (Wildman–Crippen LogP) is 3.30. The van der Waals surface area contributed by atoms with Crippen molar-refractivity contribution in [2.75, 3.05) is 29.0 Å². The Hall–Kier alpha value is -3.75. The molecule has 9 heteroatoms. The largest absolute Gasteiger partial charge is 0.367 e. The smallest absolute Gasteiger partial charge is 0.319 e. The molecule has 0 bridgehead atoms. The summed E-state index contributed by atoms with van der Waals surface area (Å²) in [6.45, 7) is 2.68. The van der Waals surface area contributed by atoms with Gasteiger partial charge in [0, 0.05) is 18.8 Å². The van der Waals surface area contributed by atoms with E-state index in [-0.39, 0.29) is 5.69 Å². The van der Waals surface area contributed by atoms with Crippen LogP contribution < -0.4 is 21.3 Å². The standard InChI is InChI=1S/C19H20FN7O/c1-13-5-4-8-17(23-13)25-18-10-9-16(26-27-18)21-11-12-22-19(28)24-15-7-3-2-6-14(15)20/h2-10H,11-12H2,1H3,(H,21,26)(H2,22,24,28)(H,23,25,27). The molecule has 2 heterocycles. The Kier molecular flexibility index (Phi) is 6.29. The summed E-state index contributed by atoms with van der Waals surface area (Å²) in [5, 5.41) is 19.3. The third kappa shape index (κ3) is 5.63. The second kappa shape index (κ2) is 9.26. The van der Waals surface area contributed by atoms with Gasteiger partial charge in [-0.25, -0.2) is 14.2 Å². The van der Waals surface area contributed by atoms with Crippen LogP contribution in [0, 0.1) is 12.7 Å². The number of pyridine rings is 1. The molecule has 28 heavy (non-hydrogen) atoms. The molecule has 2 aromatic heterocycles. The number of nitrogens with one attached hydrogen (secondary N) is 4. The molecule has 4 N–H and O–H groups in total. The van der Waals surface area contributed by atoms with Crippen molar-refractivity contribution in [3.63, 3.8) is 0 Å². The van der Waals surface area contributed by atoms with Crippen LogP contribution in [0.5, 0.6) is 0 Å². The minimum Gasteiger partial charge on any atom is -0.367 e. The maximum atomic E-state index is 13.5. The van der Waals surface area contributed by atoms with Gasteiger partial charge in [-0.15, -0.1) is 10.2 Å². The Morgan fingerprint density at radius 3 is 2.46 bits per heavy atom. The van der Waals surface area contributed by atoms with E-state index < -0.39 is 11.8 Å². The molecule has 0 aliphatic rings. The van der Waals surface area contributed by atoms with E-state index in [2.05, 4.69) is 36.4 Å². The SMILES string of the molecule is Cc1cccc(Nc2ccc(NCCNC(=O)Nc3ccccc3F)nn2)n1. The van der Waals surface area contributed by atoms with Crippen LogP contribution in [0.3, 0.4) is 0 Å². The lowest BCUT2D eigenvalue weighted by Gasteiger charge is -2.09. The average Bonchev–Trinajstić information content (AvgIpc) is 2.68. The summed E-state index contributed by atoms with van der Waals surface area (Å²) in [6.07, 6.45) is 0. The zero-order valence-electron chi connectivity index (χ0n) is 15.2. The number of rotatable bonds is 7. The van der Waals surface area contributed by atoms with Crippen molar-refractivity contribution in [3.8, 4) is 0 Å². The van der Waals surface area contributed by atoms with Gasteiger partial charge in [-0.1, -0.05) is 18.2 Å². The zero-order valence-corrected chi connectivity index (χ0v) is 15.2. The number of hydrogen-bond acceptors (Lipinski definition) is 6. The normalized spacial score (nSPS) is 10.2. The second-order valence-corrected chi connectivity index (χ2v) is 5.88. The predicted molar refractivity (Wildman–Crippen MR) is 106 cm³/mol. The number of aryl methyl sites for hydroxylation is 1. The lowest BCUT2D eigenvalue weighted by Crippen LogP contribution is -2.33. The fourth-order valence-corrected chi connectivity index (χ4v) is 2.33. The Bertz CT molecular complexity index is 934. The summed E-state index contributed by atoms with van der Waals surface area (Å²) in [5.41, 5.74) is 1.03. The highest BCUT2D eigenvalue weighted by Gasteiger charge is 2.05. The van der Waals surface area contributed by atoms with Crippen molar-refractivity contribution < 1.29 is 9.18 Å². The monoisotopic (exact) mass is 381 g/mol. The third-order valence-corrected chi connectivity index (χ3v) is 3.65. The van der Waals surface area contributed by atoms with E-state index in [9.17, 15) is 9.18 Å². The number of para-hydroxylation sites is 1. The summed E-state index contributed by atoms with van der Waals surface area (Å²) in [7, 11) is 0. The summed E-state index contributed by atoms with van der Waals surface area (Å²) in [4.78, 5) is 16.1. The van der Waals surface area contributed by atoms with Crippen molar-refractivity contribution in [1.29, 1.82) is 0 Å². The van der Waals surface area contributed by atoms with Gasteiger partial charge >= 0.3 is 6.03 Å². The van der Waals surface area contributed by atoms with Crippen molar-refractivity contribution >= 4 is 29.2 Å². The topological polar surface area (TPSA) is 104 Å². The Labute approximate surface area is 161 Å². The fourth-order valence-electron chi connectivity index (χ4n) is 2.33. The van der Waals surface area contributed by atoms with Gasteiger partial charge in [-0.3, -0.25) is 0 Å². The molecule has 0 saturated carbocycles. The van der Waals surface area contributed by atoms with Crippen LogP contribution >= 0.6 is 0 Å². The van der Waals surface area contributed by atoms with E-state index in [1.54, 1.807) is 24.3 Å². The lowest BCUT2D eigenvalue weighted by molar-refractivity contribution is 0.252. The quantitative estimate of drug-likeness (QED) is 0.468. The minimum absolute atomic E-state index is 0.130. The Morgan fingerprint density at radius 2 is 1.71 bits per heavy atom. The van der Waals surface area contributed by atoms with Gasteiger partial charge in [0.1, 0.15) is 17.5 Å². The molecule has 3 aromatic rings. The number of benzene rings is 1. The summed E-state index contributed by atoms with van der Waals surface area (Å²) in [5.74, 6) is 1.35. The van der Waals surface area contributed by atoms with E-state index in [0.29, 0.717) is 30.5 Å². The molecule has 2 amide bonds. The number of hydrogen-bond donors (Lipinski definition) is 4. The first kappa shape index (κ1) is 19.0. The van der Waals surface area contributed by atoms with Crippen molar-refractivity contribution in [3.05, 3.63) is 66.1 Å². The van der Waals surface area contributed by atoms with Gasteiger partial charge in [-0.2, -0.15) is 0 Å². The van der Waals surface area contributed by atoms with Gasteiger partial charge in [0.25, 0.3) is 0 Å². The van der Waals surface area contributed by atoms with Crippen LogP contribution in [0.25, 0.3) is 0 Å². The number of aromatic nitrogens is 3. The van der Waals surface area contributed by atoms with Crippen molar-refractivity contribution in [2.24, 2.45) is 0 Å². The van der Waals surface area contributed by atoms with E-state index >= 15 is 0 Å². The number of urea groups is 1.